The van der Waals surface area contributed by atoms with Gasteiger partial charge in [-0.15, -0.1) is 0 Å². The van der Waals surface area contributed by atoms with Gasteiger partial charge in [-0.25, -0.2) is 0 Å². The Bertz CT molecular complexity index is 124. The van der Waals surface area contributed by atoms with E-state index in [2.05, 4.69) is 0 Å². The third-order valence-corrected chi connectivity index (χ3v) is 1.22. The van der Waals surface area contributed by atoms with E-state index in [1.807, 2.05) is 0 Å². The van der Waals surface area contributed by atoms with Crippen LogP contribution in [0.1, 0.15) is 20.3 Å². The van der Waals surface area contributed by atoms with E-state index in [0.29, 0.717) is 0 Å². The number of hydrogen-bond acceptors (Lipinski definition) is 3. The Labute approximate surface area is 66.1 Å². The summed E-state index contributed by atoms with van der Waals surface area (Å²) >= 11 is 0. The van der Waals surface area contributed by atoms with Crippen molar-refractivity contribution in [3.05, 3.63) is 0 Å². The quantitative estimate of drug-likeness (QED) is 0.609. The molecule has 0 aliphatic rings. The number of ether oxygens (including phenoxy) is 2. The molecule has 0 heterocycles. The van der Waals surface area contributed by atoms with Gasteiger partial charge < -0.3 is 14.6 Å². The molecule has 0 saturated carbocycles. The zero-order chi connectivity index (χ0) is 8.85. The van der Waals surface area contributed by atoms with Gasteiger partial charge in [0.25, 0.3) is 0 Å². The van der Waals surface area contributed by atoms with Gasteiger partial charge >= 0.3 is 5.97 Å². The van der Waals surface area contributed by atoms with Crippen molar-refractivity contribution >= 4 is 5.97 Å². The highest BCUT2D eigenvalue weighted by molar-refractivity contribution is 5.67. The van der Waals surface area contributed by atoms with E-state index in [4.69, 9.17) is 14.6 Å². The molecule has 0 aromatic rings. The summed E-state index contributed by atoms with van der Waals surface area (Å²) in [4.78, 5) is 10.2. The summed E-state index contributed by atoms with van der Waals surface area (Å²) in [7, 11) is 1.51. The largest absolute Gasteiger partial charge is 0.481 e. The second-order valence-corrected chi connectivity index (χ2v) is 2.35. The topological polar surface area (TPSA) is 55.8 Å². The third-order valence-electron chi connectivity index (χ3n) is 1.22. The van der Waals surface area contributed by atoms with Crippen LogP contribution in [0, 0.1) is 0 Å². The van der Waals surface area contributed by atoms with Crippen LogP contribution >= 0.6 is 0 Å². The molecule has 66 valence electrons. The van der Waals surface area contributed by atoms with Gasteiger partial charge in [-0.2, -0.15) is 0 Å². The second kappa shape index (κ2) is 5.09. The molecule has 4 nitrogen and oxygen atoms in total. The van der Waals surface area contributed by atoms with Crippen molar-refractivity contribution in [2.24, 2.45) is 0 Å². The van der Waals surface area contributed by atoms with Gasteiger partial charge in [-0.1, -0.05) is 0 Å². The maximum absolute atomic E-state index is 10.2. The van der Waals surface area contributed by atoms with Crippen molar-refractivity contribution in [2.75, 3.05) is 7.11 Å². The van der Waals surface area contributed by atoms with Gasteiger partial charge in [0, 0.05) is 7.11 Å². The molecule has 0 saturated heterocycles. The van der Waals surface area contributed by atoms with Crippen molar-refractivity contribution in [3.63, 3.8) is 0 Å². The fraction of sp³-hybridized carbons (Fsp3) is 0.857. The Morgan fingerprint density at radius 2 is 2.09 bits per heavy atom. The van der Waals surface area contributed by atoms with Crippen molar-refractivity contribution in [3.8, 4) is 0 Å². The molecule has 11 heavy (non-hydrogen) atoms. The lowest BCUT2D eigenvalue weighted by molar-refractivity contribution is -0.156. The minimum Gasteiger partial charge on any atom is -0.481 e. The summed E-state index contributed by atoms with van der Waals surface area (Å²) in [6.07, 6.45) is -0.639. The first-order chi connectivity index (χ1) is 5.06. The second-order valence-electron chi connectivity index (χ2n) is 2.35. The number of aliphatic carboxylic acids is 1. The molecule has 0 aromatic heterocycles. The molecule has 1 N–H and O–H groups in total. The molecule has 0 bridgehead atoms. The molecule has 0 spiro atoms. The lowest BCUT2D eigenvalue weighted by atomic mass is 10.3. The van der Waals surface area contributed by atoms with E-state index in [-0.39, 0.29) is 18.8 Å². The Hall–Kier alpha value is -0.610. The van der Waals surface area contributed by atoms with E-state index in [1.165, 1.54) is 7.11 Å². The zero-order valence-corrected chi connectivity index (χ0v) is 7.03. The smallest absolute Gasteiger partial charge is 0.305 e. The summed E-state index contributed by atoms with van der Waals surface area (Å²) in [6.45, 7) is 3.42. The highest BCUT2D eigenvalue weighted by Gasteiger charge is 2.10. The molecule has 0 fully saturated rings. The molecule has 0 radical (unpaired) electrons. The molecule has 2 unspecified atom stereocenters. The first-order valence-electron chi connectivity index (χ1n) is 3.46. The fourth-order valence-corrected chi connectivity index (χ4v) is 0.677. The highest BCUT2D eigenvalue weighted by atomic mass is 16.7. The van der Waals surface area contributed by atoms with Crippen LogP contribution in [0.5, 0.6) is 0 Å². The Kier molecular flexibility index (Phi) is 4.81. The van der Waals surface area contributed by atoms with Crippen LogP contribution in [0.4, 0.5) is 0 Å². The monoisotopic (exact) mass is 162 g/mol. The molecule has 0 amide bonds. The number of hydrogen-bond donors (Lipinski definition) is 1. The van der Waals surface area contributed by atoms with Crippen LogP contribution in [-0.2, 0) is 14.3 Å². The van der Waals surface area contributed by atoms with Crippen molar-refractivity contribution in [2.45, 2.75) is 32.7 Å². The predicted octanol–water partition coefficient (Wildman–Crippen LogP) is 0.859. The van der Waals surface area contributed by atoms with Gasteiger partial charge in [0.1, 0.15) is 0 Å². The molecule has 0 rings (SSSR count). The Morgan fingerprint density at radius 1 is 1.55 bits per heavy atom. The van der Waals surface area contributed by atoms with Crippen LogP contribution in [0.2, 0.25) is 0 Å². The first kappa shape index (κ1) is 10.4. The summed E-state index contributed by atoms with van der Waals surface area (Å²) in [5, 5.41) is 8.35. The maximum Gasteiger partial charge on any atom is 0.305 e. The molecule has 0 aromatic carbocycles. The SMILES string of the molecule is COC(C)OC(C)CC(=O)O. The normalized spacial score (nSPS) is 15.9. The van der Waals surface area contributed by atoms with Crippen molar-refractivity contribution in [1.29, 1.82) is 0 Å². The van der Waals surface area contributed by atoms with Gasteiger partial charge in [-0.3, -0.25) is 4.79 Å². The minimum atomic E-state index is -0.860. The van der Waals surface area contributed by atoms with E-state index in [1.54, 1.807) is 13.8 Å². The summed E-state index contributed by atoms with van der Waals surface area (Å²) < 4.78 is 9.89. The van der Waals surface area contributed by atoms with E-state index >= 15 is 0 Å². The van der Waals surface area contributed by atoms with Crippen molar-refractivity contribution < 1.29 is 19.4 Å². The molecular weight excluding hydrogens is 148 g/mol. The predicted molar refractivity (Wildman–Crippen MR) is 39.3 cm³/mol. The number of methoxy groups -OCH3 is 1. The molecule has 0 aliphatic heterocycles. The lowest BCUT2D eigenvalue weighted by Crippen LogP contribution is -2.21. The maximum atomic E-state index is 10.2. The van der Waals surface area contributed by atoms with Crippen molar-refractivity contribution in [1.82, 2.24) is 0 Å². The number of rotatable bonds is 5. The van der Waals surface area contributed by atoms with E-state index in [9.17, 15) is 4.79 Å². The zero-order valence-electron chi connectivity index (χ0n) is 7.03. The Balaban J connectivity index is 3.51. The molecule has 4 heteroatoms. The standard InChI is InChI=1S/C7H14O4/c1-5(4-7(8)9)11-6(2)10-3/h5-6H,4H2,1-3H3,(H,8,9). The van der Waals surface area contributed by atoms with Gasteiger partial charge in [0.2, 0.25) is 0 Å². The van der Waals surface area contributed by atoms with Crippen LogP contribution in [0.3, 0.4) is 0 Å². The number of carbonyl (C=O) groups is 1. The van der Waals surface area contributed by atoms with E-state index < -0.39 is 5.97 Å². The van der Waals surface area contributed by atoms with Crippen LogP contribution in [0.15, 0.2) is 0 Å². The summed E-state index contributed by atoms with van der Waals surface area (Å²) in [5.41, 5.74) is 0. The van der Waals surface area contributed by atoms with Crippen LogP contribution < -0.4 is 0 Å². The van der Waals surface area contributed by atoms with Gasteiger partial charge in [0.15, 0.2) is 6.29 Å². The average molecular weight is 162 g/mol. The summed E-state index contributed by atoms with van der Waals surface area (Å²) in [6, 6.07) is 0. The van der Waals surface area contributed by atoms with Crippen LogP contribution in [0.25, 0.3) is 0 Å². The van der Waals surface area contributed by atoms with Crippen LogP contribution in [-0.4, -0.2) is 30.6 Å². The number of carboxylic acids is 1. The van der Waals surface area contributed by atoms with Gasteiger partial charge in [-0.05, 0) is 13.8 Å². The third kappa shape index (κ3) is 5.82. The molecular formula is C7H14O4. The first-order valence-corrected chi connectivity index (χ1v) is 3.46. The molecule has 0 aliphatic carbocycles. The van der Waals surface area contributed by atoms with E-state index in [0.717, 1.165) is 0 Å². The molecule has 2 atom stereocenters. The summed E-state index contributed by atoms with van der Waals surface area (Å²) in [5.74, 6) is -0.860. The minimum absolute atomic E-state index is 0.00764. The lowest BCUT2D eigenvalue weighted by Gasteiger charge is -2.15. The Morgan fingerprint density at radius 3 is 2.45 bits per heavy atom. The highest BCUT2D eigenvalue weighted by Crippen LogP contribution is 2.02. The number of carboxylic acid groups (broad SMARTS) is 1. The fourth-order valence-electron chi connectivity index (χ4n) is 0.677. The van der Waals surface area contributed by atoms with Gasteiger partial charge in [0.05, 0.1) is 12.5 Å². The average Bonchev–Trinajstić information content (AvgIpc) is 1.85.